The van der Waals surface area contributed by atoms with Crippen LogP contribution in [0.5, 0.6) is 0 Å². The van der Waals surface area contributed by atoms with E-state index >= 15 is 0 Å². The van der Waals surface area contributed by atoms with E-state index in [9.17, 15) is 18.7 Å². The number of amides is 1. The normalized spacial score (nSPS) is 18.8. The molecule has 0 fully saturated rings. The fourth-order valence-electron chi connectivity index (χ4n) is 1.95. The van der Waals surface area contributed by atoms with Crippen LogP contribution >= 0.6 is 0 Å². The van der Waals surface area contributed by atoms with Gasteiger partial charge in [-0.1, -0.05) is 19.0 Å². The van der Waals surface area contributed by atoms with Crippen LogP contribution in [0.4, 0.5) is 8.78 Å². The van der Waals surface area contributed by atoms with E-state index in [4.69, 9.17) is 4.84 Å². The molecular formula is C15H18F2N2O3. The van der Waals surface area contributed by atoms with E-state index in [2.05, 4.69) is 10.5 Å². The first-order valence-electron chi connectivity index (χ1n) is 7.02. The van der Waals surface area contributed by atoms with Gasteiger partial charge in [0.1, 0.15) is 11.6 Å². The number of oxime groups is 1. The summed E-state index contributed by atoms with van der Waals surface area (Å²) in [5.74, 6) is -1.65. The molecule has 1 aliphatic heterocycles. The second kappa shape index (κ2) is 6.83. The molecule has 0 radical (unpaired) electrons. The van der Waals surface area contributed by atoms with E-state index in [0.29, 0.717) is 0 Å². The van der Waals surface area contributed by atoms with Gasteiger partial charge in [0.25, 0.3) is 5.91 Å². The lowest BCUT2D eigenvalue weighted by atomic mass is 10.0. The van der Waals surface area contributed by atoms with Gasteiger partial charge in [0.15, 0.2) is 0 Å². The molecule has 1 amide bonds. The number of carbonyl (C=O) groups excluding carboxylic acids is 1. The fraction of sp³-hybridized carbons (Fsp3) is 0.467. The maximum Gasteiger partial charge on any atom is 0.264 e. The Morgan fingerprint density at radius 1 is 1.50 bits per heavy atom. The summed E-state index contributed by atoms with van der Waals surface area (Å²) in [6, 6.07) is 3.02. The Morgan fingerprint density at radius 3 is 2.91 bits per heavy atom. The Kier molecular flexibility index (Phi) is 5.07. The molecule has 2 N–H and O–H groups in total. The third-order valence-electron chi connectivity index (χ3n) is 3.46. The van der Waals surface area contributed by atoms with Crippen molar-refractivity contribution in [1.82, 2.24) is 5.32 Å². The molecule has 1 heterocycles. The topological polar surface area (TPSA) is 70.9 Å². The number of carbonyl (C=O) groups is 1. The molecule has 0 saturated carbocycles. The van der Waals surface area contributed by atoms with Gasteiger partial charge in [0.2, 0.25) is 6.10 Å². The Morgan fingerprint density at radius 2 is 2.23 bits per heavy atom. The molecule has 120 valence electrons. The zero-order chi connectivity index (χ0) is 16.3. The van der Waals surface area contributed by atoms with Crippen LogP contribution in [0.2, 0.25) is 0 Å². The predicted octanol–water partition coefficient (Wildman–Crippen LogP) is 1.59. The molecule has 7 heteroatoms. The van der Waals surface area contributed by atoms with E-state index < -0.39 is 29.7 Å². The van der Waals surface area contributed by atoms with Gasteiger partial charge in [-0.25, -0.2) is 8.78 Å². The monoisotopic (exact) mass is 312 g/mol. The summed E-state index contributed by atoms with van der Waals surface area (Å²) in [7, 11) is 0. The number of rotatable bonds is 5. The summed E-state index contributed by atoms with van der Waals surface area (Å²) >= 11 is 0. The highest BCUT2D eigenvalue weighted by Gasteiger charge is 2.30. The van der Waals surface area contributed by atoms with Gasteiger partial charge in [0.05, 0.1) is 11.8 Å². The molecule has 1 aromatic rings. The Bertz CT molecular complexity index is 590. The number of aliphatic hydroxyl groups is 1. The van der Waals surface area contributed by atoms with E-state index in [1.807, 2.05) is 13.8 Å². The molecule has 0 aliphatic carbocycles. The van der Waals surface area contributed by atoms with Crippen molar-refractivity contribution in [3.05, 3.63) is 35.4 Å². The summed E-state index contributed by atoms with van der Waals surface area (Å²) < 4.78 is 26.8. The summed E-state index contributed by atoms with van der Waals surface area (Å²) in [6.07, 6.45) is -1.52. The second-order valence-corrected chi connectivity index (χ2v) is 5.52. The first kappa shape index (κ1) is 16.4. The molecule has 22 heavy (non-hydrogen) atoms. The molecule has 2 rings (SSSR count). The Labute approximate surface area is 127 Å². The average Bonchev–Trinajstić information content (AvgIpc) is 2.96. The van der Waals surface area contributed by atoms with E-state index in [1.54, 1.807) is 0 Å². The summed E-state index contributed by atoms with van der Waals surface area (Å²) in [4.78, 5) is 16.9. The van der Waals surface area contributed by atoms with Crippen LogP contribution in [0.25, 0.3) is 0 Å². The van der Waals surface area contributed by atoms with Crippen molar-refractivity contribution in [2.75, 3.05) is 6.54 Å². The van der Waals surface area contributed by atoms with Crippen molar-refractivity contribution in [2.45, 2.75) is 32.5 Å². The number of benzene rings is 1. The van der Waals surface area contributed by atoms with Crippen molar-refractivity contribution in [1.29, 1.82) is 0 Å². The number of hydrogen-bond acceptors (Lipinski definition) is 4. The Hall–Kier alpha value is -2.02. The van der Waals surface area contributed by atoms with Crippen molar-refractivity contribution in [3.63, 3.8) is 0 Å². The summed E-state index contributed by atoms with van der Waals surface area (Å²) in [5, 5.41) is 15.8. The molecule has 0 bridgehead atoms. The van der Waals surface area contributed by atoms with Gasteiger partial charge in [0, 0.05) is 18.5 Å². The zero-order valence-electron chi connectivity index (χ0n) is 12.3. The SMILES string of the molecule is CC(C)C(O)CNC(=O)C1CC(c2cc(F)ccc2F)=NO1. The molecule has 0 aromatic heterocycles. The molecule has 2 unspecified atom stereocenters. The molecular weight excluding hydrogens is 294 g/mol. The van der Waals surface area contributed by atoms with E-state index in [0.717, 1.165) is 18.2 Å². The van der Waals surface area contributed by atoms with Crippen LogP contribution in [-0.4, -0.2) is 35.5 Å². The van der Waals surface area contributed by atoms with Crippen LogP contribution in [0.1, 0.15) is 25.8 Å². The minimum absolute atomic E-state index is 0.0120. The summed E-state index contributed by atoms with van der Waals surface area (Å²) in [6.45, 7) is 3.76. The summed E-state index contributed by atoms with van der Waals surface area (Å²) in [5.41, 5.74) is 0.166. The molecule has 2 atom stereocenters. The van der Waals surface area contributed by atoms with Gasteiger partial charge >= 0.3 is 0 Å². The van der Waals surface area contributed by atoms with Crippen molar-refractivity contribution >= 4 is 11.6 Å². The quantitative estimate of drug-likeness (QED) is 0.867. The first-order valence-corrected chi connectivity index (χ1v) is 7.02. The average molecular weight is 312 g/mol. The van der Waals surface area contributed by atoms with Crippen LogP contribution < -0.4 is 5.32 Å². The Balaban J connectivity index is 1.94. The van der Waals surface area contributed by atoms with Gasteiger partial charge in [-0.2, -0.15) is 0 Å². The number of hydrogen-bond donors (Lipinski definition) is 2. The van der Waals surface area contributed by atoms with E-state index in [1.165, 1.54) is 0 Å². The van der Waals surface area contributed by atoms with Crippen LogP contribution in [0.3, 0.4) is 0 Å². The van der Waals surface area contributed by atoms with Crippen LogP contribution in [-0.2, 0) is 9.63 Å². The second-order valence-electron chi connectivity index (χ2n) is 5.52. The fourth-order valence-corrected chi connectivity index (χ4v) is 1.95. The van der Waals surface area contributed by atoms with Crippen LogP contribution in [0, 0.1) is 17.6 Å². The zero-order valence-corrected chi connectivity index (χ0v) is 12.3. The number of aliphatic hydroxyl groups excluding tert-OH is 1. The molecule has 0 spiro atoms. The largest absolute Gasteiger partial charge is 0.391 e. The van der Waals surface area contributed by atoms with E-state index in [-0.39, 0.29) is 30.2 Å². The standard InChI is InChI=1S/C15H18F2N2O3/c1-8(2)13(20)7-18-15(21)14-6-12(19-22-14)10-5-9(16)3-4-11(10)17/h3-5,8,13-14,20H,6-7H2,1-2H3,(H,18,21). The van der Waals surface area contributed by atoms with Gasteiger partial charge in [-0.15, -0.1) is 0 Å². The van der Waals surface area contributed by atoms with Crippen molar-refractivity contribution in [3.8, 4) is 0 Å². The van der Waals surface area contributed by atoms with Gasteiger partial charge in [-0.05, 0) is 24.1 Å². The van der Waals surface area contributed by atoms with Crippen LogP contribution in [0.15, 0.2) is 23.4 Å². The van der Waals surface area contributed by atoms with Gasteiger partial charge < -0.3 is 15.3 Å². The maximum absolute atomic E-state index is 13.7. The van der Waals surface area contributed by atoms with Gasteiger partial charge in [-0.3, -0.25) is 4.79 Å². The number of nitrogens with one attached hydrogen (secondary N) is 1. The number of halogens is 2. The maximum atomic E-state index is 13.7. The van der Waals surface area contributed by atoms with Crippen molar-refractivity contribution < 1.29 is 23.5 Å². The molecule has 5 nitrogen and oxygen atoms in total. The first-order chi connectivity index (χ1) is 10.4. The highest BCUT2D eigenvalue weighted by Crippen LogP contribution is 2.20. The molecule has 1 aliphatic rings. The lowest BCUT2D eigenvalue weighted by molar-refractivity contribution is -0.131. The lowest BCUT2D eigenvalue weighted by Gasteiger charge is -2.16. The highest BCUT2D eigenvalue weighted by atomic mass is 19.1. The minimum Gasteiger partial charge on any atom is -0.391 e. The number of nitrogens with zero attached hydrogens (tertiary/aromatic N) is 1. The lowest BCUT2D eigenvalue weighted by Crippen LogP contribution is -2.40. The molecule has 1 aromatic carbocycles. The highest BCUT2D eigenvalue weighted by molar-refractivity contribution is 6.04. The predicted molar refractivity (Wildman–Crippen MR) is 76.2 cm³/mol. The third kappa shape index (κ3) is 3.79. The minimum atomic E-state index is -0.906. The van der Waals surface area contributed by atoms with Crippen molar-refractivity contribution in [2.24, 2.45) is 11.1 Å². The smallest absolute Gasteiger partial charge is 0.264 e. The molecule has 0 saturated heterocycles. The third-order valence-corrected chi connectivity index (χ3v) is 3.46.